The van der Waals surface area contributed by atoms with Crippen LogP contribution in [-0.4, -0.2) is 47.7 Å². The van der Waals surface area contributed by atoms with Crippen LogP contribution in [0.5, 0.6) is 0 Å². The number of morpholine rings is 1. The highest BCUT2D eigenvalue weighted by molar-refractivity contribution is 9.10. The van der Waals surface area contributed by atoms with Gasteiger partial charge in [0.2, 0.25) is 0 Å². The van der Waals surface area contributed by atoms with Gasteiger partial charge in [-0.05, 0) is 34.1 Å². The zero-order chi connectivity index (χ0) is 14.0. The van der Waals surface area contributed by atoms with Gasteiger partial charge in [-0.1, -0.05) is 0 Å². The number of ether oxygens (including phenoxy) is 1. The summed E-state index contributed by atoms with van der Waals surface area (Å²) in [7, 11) is 0. The minimum Gasteiger partial charge on any atom is -0.480 e. The molecule has 0 radical (unpaired) electrons. The van der Waals surface area contributed by atoms with Gasteiger partial charge in [-0.3, -0.25) is 4.79 Å². The number of aliphatic carboxylic acids is 1. The van der Waals surface area contributed by atoms with Crippen molar-refractivity contribution in [2.45, 2.75) is 6.04 Å². The van der Waals surface area contributed by atoms with Crippen LogP contribution in [0.15, 0.2) is 22.7 Å². The van der Waals surface area contributed by atoms with E-state index in [-0.39, 0.29) is 19.1 Å². The summed E-state index contributed by atoms with van der Waals surface area (Å²) < 4.78 is 5.79. The van der Waals surface area contributed by atoms with Gasteiger partial charge in [0, 0.05) is 22.3 Å². The molecule has 1 atom stereocenters. The lowest BCUT2D eigenvalue weighted by Gasteiger charge is -2.32. The number of carbonyl (C=O) groups excluding carboxylic acids is 1. The molecule has 0 bridgehead atoms. The van der Waals surface area contributed by atoms with E-state index >= 15 is 0 Å². The van der Waals surface area contributed by atoms with Gasteiger partial charge >= 0.3 is 5.97 Å². The predicted molar refractivity (Wildman–Crippen MR) is 71.8 cm³/mol. The third-order valence-electron chi connectivity index (χ3n) is 2.92. The van der Waals surface area contributed by atoms with Crippen molar-refractivity contribution in [2.75, 3.05) is 25.5 Å². The lowest BCUT2D eigenvalue weighted by Crippen LogP contribution is -2.52. The van der Waals surface area contributed by atoms with Crippen molar-refractivity contribution >= 4 is 33.5 Å². The number of nitrogens with zero attached hydrogens (tertiary/aromatic N) is 1. The highest BCUT2D eigenvalue weighted by Crippen LogP contribution is 2.22. The lowest BCUT2D eigenvalue weighted by atomic mass is 10.1. The van der Waals surface area contributed by atoms with Crippen LogP contribution in [0.25, 0.3) is 0 Å². The number of anilines is 1. The average Bonchev–Trinajstić information content (AvgIpc) is 2.41. The first-order chi connectivity index (χ1) is 9.00. The average molecular weight is 329 g/mol. The smallest absolute Gasteiger partial charge is 0.328 e. The molecule has 2 rings (SSSR count). The van der Waals surface area contributed by atoms with E-state index < -0.39 is 12.0 Å². The summed E-state index contributed by atoms with van der Waals surface area (Å²) in [5, 5.41) is 9.10. The molecule has 0 spiro atoms. The Morgan fingerprint density at radius 1 is 1.47 bits per heavy atom. The van der Waals surface area contributed by atoms with Gasteiger partial charge in [0.25, 0.3) is 5.91 Å². The number of nitrogens with two attached hydrogens (primary N) is 1. The molecular weight excluding hydrogens is 316 g/mol. The fraction of sp³-hybridized carbons (Fsp3) is 0.333. The van der Waals surface area contributed by atoms with E-state index in [1.54, 1.807) is 12.1 Å². The molecule has 1 aliphatic rings. The van der Waals surface area contributed by atoms with Crippen LogP contribution in [0.3, 0.4) is 0 Å². The first-order valence-corrected chi connectivity index (χ1v) is 6.46. The van der Waals surface area contributed by atoms with Gasteiger partial charge in [-0.15, -0.1) is 0 Å². The summed E-state index contributed by atoms with van der Waals surface area (Å²) >= 11 is 3.25. The summed E-state index contributed by atoms with van der Waals surface area (Å²) in [6.45, 7) is 0.598. The van der Waals surface area contributed by atoms with Gasteiger partial charge in [-0.2, -0.15) is 0 Å². The maximum atomic E-state index is 12.3. The zero-order valence-corrected chi connectivity index (χ0v) is 11.6. The van der Waals surface area contributed by atoms with Gasteiger partial charge in [0.15, 0.2) is 6.04 Å². The largest absolute Gasteiger partial charge is 0.480 e. The molecule has 1 amide bonds. The van der Waals surface area contributed by atoms with Crippen molar-refractivity contribution in [3.05, 3.63) is 28.2 Å². The molecule has 1 fully saturated rings. The molecule has 1 heterocycles. The third-order valence-corrected chi connectivity index (χ3v) is 3.64. The molecular formula is C12H13BrN2O4. The quantitative estimate of drug-likeness (QED) is 0.789. The van der Waals surface area contributed by atoms with Crippen LogP contribution in [0.1, 0.15) is 10.4 Å². The van der Waals surface area contributed by atoms with E-state index in [4.69, 9.17) is 15.6 Å². The van der Waals surface area contributed by atoms with Crippen LogP contribution in [0.2, 0.25) is 0 Å². The Bertz CT molecular complexity index is 520. The third kappa shape index (κ3) is 2.87. The summed E-state index contributed by atoms with van der Waals surface area (Å²) in [4.78, 5) is 24.7. The molecule has 1 aromatic carbocycles. The first kappa shape index (κ1) is 13.8. The number of carbonyl (C=O) groups is 2. The van der Waals surface area contributed by atoms with Crippen molar-refractivity contribution in [3.8, 4) is 0 Å². The Morgan fingerprint density at radius 2 is 2.21 bits per heavy atom. The highest BCUT2D eigenvalue weighted by atomic mass is 79.9. The van der Waals surface area contributed by atoms with E-state index in [9.17, 15) is 9.59 Å². The second-order valence-corrected chi connectivity index (χ2v) is 5.02. The van der Waals surface area contributed by atoms with Gasteiger partial charge in [-0.25, -0.2) is 4.79 Å². The maximum Gasteiger partial charge on any atom is 0.328 e. The van der Waals surface area contributed by atoms with Gasteiger partial charge < -0.3 is 20.5 Å². The van der Waals surface area contributed by atoms with Crippen molar-refractivity contribution < 1.29 is 19.4 Å². The highest BCUT2D eigenvalue weighted by Gasteiger charge is 2.33. The Labute approximate surface area is 118 Å². The van der Waals surface area contributed by atoms with Gasteiger partial charge in [0.05, 0.1) is 13.2 Å². The molecule has 1 aliphatic heterocycles. The van der Waals surface area contributed by atoms with E-state index in [0.717, 1.165) is 0 Å². The minimum atomic E-state index is -1.07. The topological polar surface area (TPSA) is 92.9 Å². The zero-order valence-electron chi connectivity index (χ0n) is 10.0. The molecule has 1 unspecified atom stereocenters. The van der Waals surface area contributed by atoms with E-state index in [1.165, 1.54) is 11.0 Å². The minimum absolute atomic E-state index is 0.00703. The van der Waals surface area contributed by atoms with Crippen LogP contribution in [0, 0.1) is 0 Å². The van der Waals surface area contributed by atoms with Crippen LogP contribution < -0.4 is 5.73 Å². The summed E-state index contributed by atoms with van der Waals surface area (Å²) in [5.41, 5.74) is 6.53. The molecule has 0 aromatic heterocycles. The number of rotatable bonds is 2. The molecule has 19 heavy (non-hydrogen) atoms. The number of carboxylic acid groups (broad SMARTS) is 1. The number of nitrogen functional groups attached to an aromatic ring is 1. The summed E-state index contributed by atoms with van der Waals surface area (Å²) in [6, 6.07) is 3.85. The standard InChI is InChI=1S/C12H13BrN2O4/c13-8-2-1-7(5-9(8)14)11(16)15-3-4-19-6-10(15)12(17)18/h1-2,5,10H,3-4,6,14H2,(H,17,18). The van der Waals surface area contributed by atoms with Crippen LogP contribution in [-0.2, 0) is 9.53 Å². The molecule has 7 heteroatoms. The molecule has 0 saturated carbocycles. The predicted octanol–water partition coefficient (Wildman–Crippen LogP) is 0.957. The van der Waals surface area contributed by atoms with Crippen molar-refractivity contribution in [1.29, 1.82) is 0 Å². The number of hydrogen-bond donors (Lipinski definition) is 2. The Balaban J connectivity index is 2.26. The Hall–Kier alpha value is -1.60. The Kier molecular flexibility index (Phi) is 4.06. The monoisotopic (exact) mass is 328 g/mol. The maximum absolute atomic E-state index is 12.3. The molecule has 0 aliphatic carbocycles. The molecule has 1 aromatic rings. The van der Waals surface area contributed by atoms with E-state index in [2.05, 4.69) is 15.9 Å². The van der Waals surface area contributed by atoms with Crippen LogP contribution in [0.4, 0.5) is 5.69 Å². The lowest BCUT2D eigenvalue weighted by molar-refractivity contribution is -0.147. The number of benzene rings is 1. The molecule has 6 nitrogen and oxygen atoms in total. The Morgan fingerprint density at radius 3 is 2.84 bits per heavy atom. The summed E-state index contributed by atoms with van der Waals surface area (Å²) in [6.07, 6.45) is 0. The molecule has 3 N–H and O–H groups in total. The summed E-state index contributed by atoms with van der Waals surface area (Å²) in [5.74, 6) is -1.42. The SMILES string of the molecule is Nc1cc(C(=O)N2CCOCC2C(=O)O)ccc1Br. The number of hydrogen-bond acceptors (Lipinski definition) is 4. The van der Waals surface area contributed by atoms with E-state index in [1.807, 2.05) is 0 Å². The fourth-order valence-corrected chi connectivity index (χ4v) is 2.14. The fourth-order valence-electron chi connectivity index (χ4n) is 1.89. The van der Waals surface area contributed by atoms with Crippen molar-refractivity contribution in [1.82, 2.24) is 4.90 Å². The van der Waals surface area contributed by atoms with Gasteiger partial charge in [0.1, 0.15) is 0 Å². The second kappa shape index (κ2) is 5.58. The van der Waals surface area contributed by atoms with Crippen molar-refractivity contribution in [2.24, 2.45) is 0 Å². The molecule has 102 valence electrons. The number of carboxylic acids is 1. The van der Waals surface area contributed by atoms with E-state index in [0.29, 0.717) is 22.3 Å². The normalized spacial score (nSPS) is 19.2. The first-order valence-electron chi connectivity index (χ1n) is 5.67. The number of amides is 1. The van der Waals surface area contributed by atoms with Crippen LogP contribution >= 0.6 is 15.9 Å². The second-order valence-electron chi connectivity index (χ2n) is 4.16. The number of halogens is 1. The van der Waals surface area contributed by atoms with Crippen molar-refractivity contribution in [3.63, 3.8) is 0 Å². The molecule has 1 saturated heterocycles.